The minimum absolute atomic E-state index is 0.145. The average molecular weight is 917 g/mol. The second kappa shape index (κ2) is 18.8. The summed E-state index contributed by atoms with van der Waals surface area (Å²) in [5.41, 5.74) is -2.14. The van der Waals surface area contributed by atoms with E-state index in [4.69, 9.17) is 28.4 Å². The molecule has 0 aromatic heterocycles. The van der Waals surface area contributed by atoms with Gasteiger partial charge in [0, 0.05) is 0 Å². The summed E-state index contributed by atoms with van der Waals surface area (Å²) in [6.07, 6.45) is -10.8. The lowest BCUT2D eigenvalue weighted by Gasteiger charge is -2.71. The average Bonchev–Trinajstić information content (AvgIpc) is 3.76. The van der Waals surface area contributed by atoms with E-state index in [0.29, 0.717) is 19.3 Å². The Morgan fingerprint density at radius 2 is 1.19 bits per heavy atom. The van der Waals surface area contributed by atoms with Gasteiger partial charge in [0.2, 0.25) is 0 Å². The molecule has 3 aliphatic heterocycles. The van der Waals surface area contributed by atoms with Crippen LogP contribution in [0.15, 0.2) is 12.2 Å². The molecule has 7 rings (SSSR count). The van der Waals surface area contributed by atoms with E-state index >= 15 is 0 Å². The van der Waals surface area contributed by atoms with Crippen molar-refractivity contribution in [3.05, 3.63) is 12.2 Å². The van der Waals surface area contributed by atoms with E-state index in [1.807, 2.05) is 6.92 Å². The number of hydrogen-bond donors (Lipinski definition) is 11. The first-order valence-electron chi connectivity index (χ1n) is 23.8. The summed E-state index contributed by atoms with van der Waals surface area (Å²) >= 11 is 0. The third-order valence-electron chi connectivity index (χ3n) is 18.3. The van der Waals surface area contributed by atoms with Gasteiger partial charge >= 0.3 is 0 Å². The molecule has 0 amide bonds. The third kappa shape index (κ3) is 8.49. The maximum atomic E-state index is 12.7. The Hall–Kier alpha value is -0.940. The summed E-state index contributed by atoms with van der Waals surface area (Å²) < 4.78 is 36.5. The van der Waals surface area contributed by atoms with Gasteiger partial charge in [0.1, 0.15) is 67.1 Å². The molecule has 7 fully saturated rings. The van der Waals surface area contributed by atoms with Crippen LogP contribution in [0.2, 0.25) is 0 Å². The Balaban J connectivity index is 1.11. The van der Waals surface area contributed by atoms with E-state index < -0.39 is 123 Å². The number of allylic oxidation sites excluding steroid dienone is 1. The molecule has 11 N–H and O–H groups in total. The van der Waals surface area contributed by atoms with Crippen molar-refractivity contribution in [3.63, 3.8) is 0 Å². The van der Waals surface area contributed by atoms with Gasteiger partial charge in [-0.1, -0.05) is 60.6 Å². The molecule has 0 aromatic rings. The normalized spacial score (nSPS) is 52.6. The predicted octanol–water partition coefficient (Wildman–Crippen LogP) is 0.468. The molecule has 64 heavy (non-hydrogen) atoms. The second-order valence-corrected chi connectivity index (χ2v) is 22.5. The third-order valence-corrected chi connectivity index (χ3v) is 18.3. The highest BCUT2D eigenvalue weighted by Gasteiger charge is 2.72. The van der Waals surface area contributed by atoms with Crippen molar-refractivity contribution < 1.29 is 84.6 Å². The standard InChI is InChI=1S/C47H80O17/c1-22(2)10-9-14-47(8,64-42-39(58)36(55)34(53)27(62-42)21-59-40-37(56)33(52)26(20-49)60-40)23-11-16-46(7)31(23)24(50)18-29-44(5)15-13-30(43(3,4)28(44)12-17-45(29,46)6)63-41-38(57)35(54)32(51)25(19-48)61-41/h9-10,22-42,48-58H,11-21H2,1-8H3/b10-9+/t23-,24+,25+,26+,27+,28-,29+,30-,31-,32+,33+,34+,35-,36-,37-,38+,39+,40-,41-,42-,44-,45+,46+,47-/m0/s1. The first-order chi connectivity index (χ1) is 29.9. The summed E-state index contributed by atoms with van der Waals surface area (Å²) in [4.78, 5) is 0. The lowest BCUT2D eigenvalue weighted by molar-refractivity contribution is -0.341. The van der Waals surface area contributed by atoms with Crippen LogP contribution in [0.5, 0.6) is 0 Å². The van der Waals surface area contributed by atoms with Crippen LogP contribution in [0.3, 0.4) is 0 Å². The Bertz CT molecular complexity index is 1620. The molecule has 0 radical (unpaired) electrons. The molecule has 0 unspecified atom stereocenters. The van der Waals surface area contributed by atoms with Crippen molar-refractivity contribution in [2.75, 3.05) is 19.8 Å². The van der Waals surface area contributed by atoms with Crippen LogP contribution < -0.4 is 0 Å². The SMILES string of the molecule is CC(C)/C=C/C[C@](C)(O[C@@H]1O[C@H](CO[C@H]2O[C@H](CO)[C@@H](O)[C@@H]2O)[C@@H](O)[C@H](O)[C@H]1O)[C@H]1CC[C@]2(C)[C@@H]1[C@H](O)C[C@@H]1[C@@]3(C)CC[C@H](O[C@@H]4O[C@H](CO)[C@@H](O)[C@H](O)[C@H]4O)C(C)(C)[C@@H]3CC[C@]12C. The zero-order chi connectivity index (χ0) is 47.1. The topological polar surface area (TPSA) is 278 Å². The molecule has 17 heteroatoms. The summed E-state index contributed by atoms with van der Waals surface area (Å²) in [5.74, 6) is 0.149. The number of aliphatic hydroxyl groups excluding tert-OH is 11. The lowest BCUT2D eigenvalue weighted by Crippen LogP contribution is -2.67. The fourth-order valence-electron chi connectivity index (χ4n) is 14.5. The van der Waals surface area contributed by atoms with E-state index in [9.17, 15) is 56.2 Å². The van der Waals surface area contributed by atoms with Crippen LogP contribution in [0, 0.1) is 51.2 Å². The van der Waals surface area contributed by atoms with Gasteiger partial charge in [0.25, 0.3) is 0 Å². The maximum absolute atomic E-state index is 12.7. The van der Waals surface area contributed by atoms with Crippen LogP contribution in [-0.2, 0) is 28.4 Å². The monoisotopic (exact) mass is 917 g/mol. The molecule has 4 saturated carbocycles. The van der Waals surface area contributed by atoms with Gasteiger partial charge in [-0.25, -0.2) is 0 Å². The van der Waals surface area contributed by atoms with Crippen LogP contribution >= 0.6 is 0 Å². The van der Waals surface area contributed by atoms with Gasteiger partial charge in [-0.05, 0) is 110 Å². The minimum atomic E-state index is -1.68. The molecule has 24 atom stereocenters. The smallest absolute Gasteiger partial charge is 0.187 e. The van der Waals surface area contributed by atoms with Crippen LogP contribution in [-0.4, -0.2) is 180 Å². The Morgan fingerprint density at radius 3 is 1.81 bits per heavy atom. The van der Waals surface area contributed by atoms with E-state index in [1.54, 1.807) is 0 Å². The molecular formula is C47H80O17. The summed E-state index contributed by atoms with van der Waals surface area (Å²) in [6.45, 7) is 16.1. The summed E-state index contributed by atoms with van der Waals surface area (Å²) in [6, 6.07) is 0. The zero-order valence-corrected chi connectivity index (χ0v) is 38.9. The molecule has 0 bridgehead atoms. The van der Waals surface area contributed by atoms with Crippen molar-refractivity contribution in [3.8, 4) is 0 Å². The largest absolute Gasteiger partial charge is 0.394 e. The molecule has 17 nitrogen and oxygen atoms in total. The highest BCUT2D eigenvalue weighted by atomic mass is 16.7. The highest BCUT2D eigenvalue weighted by Crippen LogP contribution is 2.76. The fourth-order valence-corrected chi connectivity index (χ4v) is 14.5. The number of fused-ring (bicyclic) bond motifs is 5. The van der Waals surface area contributed by atoms with Crippen LogP contribution in [0.25, 0.3) is 0 Å². The maximum Gasteiger partial charge on any atom is 0.187 e. The van der Waals surface area contributed by atoms with E-state index in [1.165, 1.54) is 0 Å². The van der Waals surface area contributed by atoms with E-state index in [2.05, 4.69) is 60.6 Å². The van der Waals surface area contributed by atoms with Crippen molar-refractivity contribution >= 4 is 0 Å². The van der Waals surface area contributed by atoms with E-state index in [0.717, 1.165) is 32.1 Å². The molecule has 3 saturated heterocycles. The number of hydrogen-bond acceptors (Lipinski definition) is 17. The van der Waals surface area contributed by atoms with E-state index in [-0.39, 0.29) is 51.9 Å². The molecule has 4 aliphatic carbocycles. The fraction of sp³-hybridized carbons (Fsp3) is 0.957. The Morgan fingerprint density at radius 1 is 0.641 bits per heavy atom. The highest BCUT2D eigenvalue weighted by molar-refractivity contribution is 5.21. The number of aliphatic hydroxyl groups is 11. The van der Waals surface area contributed by atoms with Gasteiger partial charge in [0.15, 0.2) is 18.9 Å². The molecular weight excluding hydrogens is 836 g/mol. The Labute approximate surface area is 377 Å². The zero-order valence-electron chi connectivity index (χ0n) is 38.9. The molecule has 370 valence electrons. The molecule has 7 aliphatic rings. The van der Waals surface area contributed by atoms with Gasteiger partial charge in [0.05, 0.1) is 37.6 Å². The van der Waals surface area contributed by atoms with Crippen LogP contribution in [0.1, 0.15) is 107 Å². The first-order valence-corrected chi connectivity index (χ1v) is 23.8. The summed E-state index contributed by atoms with van der Waals surface area (Å²) in [7, 11) is 0. The summed E-state index contributed by atoms with van der Waals surface area (Å²) in [5, 5.41) is 118. The quantitative estimate of drug-likeness (QED) is 0.0885. The first kappa shape index (κ1) is 50.9. The molecule has 3 heterocycles. The second-order valence-electron chi connectivity index (χ2n) is 22.5. The van der Waals surface area contributed by atoms with Crippen LogP contribution in [0.4, 0.5) is 0 Å². The molecule has 0 aromatic carbocycles. The predicted molar refractivity (Wildman–Crippen MR) is 228 cm³/mol. The Kier molecular flexibility index (Phi) is 14.9. The van der Waals surface area contributed by atoms with Crippen molar-refractivity contribution in [1.29, 1.82) is 0 Å². The van der Waals surface area contributed by atoms with Gasteiger partial charge < -0.3 is 84.6 Å². The number of rotatable bonds is 13. The van der Waals surface area contributed by atoms with Crippen molar-refractivity contribution in [2.45, 2.75) is 211 Å². The number of ether oxygens (including phenoxy) is 6. The minimum Gasteiger partial charge on any atom is -0.394 e. The van der Waals surface area contributed by atoms with Gasteiger partial charge in [-0.3, -0.25) is 0 Å². The van der Waals surface area contributed by atoms with Gasteiger partial charge in [-0.15, -0.1) is 0 Å². The van der Waals surface area contributed by atoms with Crippen molar-refractivity contribution in [1.82, 2.24) is 0 Å². The molecule has 0 spiro atoms. The van der Waals surface area contributed by atoms with Gasteiger partial charge in [-0.2, -0.15) is 0 Å². The lowest BCUT2D eigenvalue weighted by atomic mass is 9.35. The van der Waals surface area contributed by atoms with Crippen molar-refractivity contribution in [2.24, 2.45) is 51.2 Å².